The fourth-order valence-electron chi connectivity index (χ4n) is 3.16. The number of ether oxygens (including phenoxy) is 1. The van der Waals surface area contributed by atoms with Crippen molar-refractivity contribution in [3.63, 3.8) is 0 Å². The second kappa shape index (κ2) is 8.13. The highest BCUT2D eigenvalue weighted by Gasteiger charge is 2.21. The molecule has 0 aliphatic carbocycles. The van der Waals surface area contributed by atoms with E-state index in [9.17, 15) is 4.79 Å². The standard InChI is InChI=1S/C21H27N3O2/c1-16-6-4-8-19(14-16)23-10-12-24(13-11-23)21(25)22-15-26-20-9-5-7-17(2)18(20)3/h4-9,14H,10-13,15H2,1-3H3,(H,22,25). The fourth-order valence-corrected chi connectivity index (χ4v) is 3.16. The Labute approximate surface area is 155 Å². The van der Waals surface area contributed by atoms with Crippen LogP contribution in [0.1, 0.15) is 16.7 Å². The number of piperazine rings is 1. The number of carbonyl (C=O) groups is 1. The molecule has 0 saturated carbocycles. The van der Waals surface area contributed by atoms with E-state index in [1.807, 2.05) is 24.0 Å². The highest BCUT2D eigenvalue weighted by Crippen LogP contribution is 2.20. The van der Waals surface area contributed by atoms with Gasteiger partial charge in [0, 0.05) is 31.9 Å². The molecule has 1 aliphatic heterocycles. The van der Waals surface area contributed by atoms with Crippen molar-refractivity contribution in [1.82, 2.24) is 10.2 Å². The molecule has 0 spiro atoms. The lowest BCUT2D eigenvalue weighted by atomic mass is 10.1. The molecule has 3 rings (SSSR count). The van der Waals surface area contributed by atoms with Gasteiger partial charge in [-0.05, 0) is 55.7 Å². The van der Waals surface area contributed by atoms with E-state index in [-0.39, 0.29) is 12.8 Å². The number of nitrogens with one attached hydrogen (secondary N) is 1. The second-order valence-electron chi connectivity index (χ2n) is 6.78. The first-order valence-electron chi connectivity index (χ1n) is 9.08. The van der Waals surface area contributed by atoms with Crippen LogP contribution in [-0.4, -0.2) is 43.8 Å². The molecule has 2 aromatic carbocycles. The summed E-state index contributed by atoms with van der Waals surface area (Å²) in [7, 11) is 0. The molecule has 1 saturated heterocycles. The molecule has 1 heterocycles. The highest BCUT2D eigenvalue weighted by molar-refractivity contribution is 5.74. The third kappa shape index (κ3) is 4.28. The molecule has 0 aromatic heterocycles. The minimum Gasteiger partial charge on any atom is -0.473 e. The topological polar surface area (TPSA) is 44.8 Å². The molecule has 5 nitrogen and oxygen atoms in total. The summed E-state index contributed by atoms with van der Waals surface area (Å²) in [4.78, 5) is 16.5. The summed E-state index contributed by atoms with van der Waals surface area (Å²) >= 11 is 0. The van der Waals surface area contributed by atoms with Gasteiger partial charge in [0.2, 0.25) is 0 Å². The van der Waals surface area contributed by atoms with Crippen LogP contribution in [0.4, 0.5) is 10.5 Å². The van der Waals surface area contributed by atoms with E-state index in [0.717, 1.165) is 24.4 Å². The van der Waals surface area contributed by atoms with Crippen molar-refractivity contribution in [3.8, 4) is 5.75 Å². The van der Waals surface area contributed by atoms with Crippen LogP contribution in [-0.2, 0) is 0 Å². The van der Waals surface area contributed by atoms with Crippen LogP contribution in [0.5, 0.6) is 5.75 Å². The fraction of sp³-hybridized carbons (Fsp3) is 0.381. The van der Waals surface area contributed by atoms with Crippen LogP contribution in [0.25, 0.3) is 0 Å². The monoisotopic (exact) mass is 353 g/mol. The summed E-state index contributed by atoms with van der Waals surface area (Å²) < 4.78 is 5.71. The van der Waals surface area contributed by atoms with Gasteiger partial charge in [0.25, 0.3) is 0 Å². The Morgan fingerprint density at radius 2 is 1.77 bits per heavy atom. The number of amides is 2. The largest absolute Gasteiger partial charge is 0.473 e. The van der Waals surface area contributed by atoms with Gasteiger partial charge in [-0.3, -0.25) is 0 Å². The number of aryl methyl sites for hydroxylation is 2. The van der Waals surface area contributed by atoms with Gasteiger partial charge >= 0.3 is 6.03 Å². The van der Waals surface area contributed by atoms with Crippen LogP contribution >= 0.6 is 0 Å². The van der Waals surface area contributed by atoms with Crippen molar-refractivity contribution in [2.24, 2.45) is 0 Å². The minimum absolute atomic E-state index is 0.0702. The van der Waals surface area contributed by atoms with Crippen LogP contribution in [0.2, 0.25) is 0 Å². The Morgan fingerprint density at radius 3 is 2.50 bits per heavy atom. The number of nitrogens with zero attached hydrogens (tertiary/aromatic N) is 2. The highest BCUT2D eigenvalue weighted by atomic mass is 16.5. The number of benzene rings is 2. The Balaban J connectivity index is 1.46. The van der Waals surface area contributed by atoms with Crippen molar-refractivity contribution >= 4 is 11.7 Å². The van der Waals surface area contributed by atoms with Gasteiger partial charge in [0.15, 0.2) is 6.73 Å². The average Bonchev–Trinajstić information content (AvgIpc) is 2.65. The summed E-state index contributed by atoms with van der Waals surface area (Å²) in [6, 6.07) is 14.4. The molecule has 2 amide bonds. The Bertz CT molecular complexity index is 768. The maximum absolute atomic E-state index is 12.4. The molecule has 0 bridgehead atoms. The van der Waals surface area contributed by atoms with E-state index < -0.39 is 0 Å². The number of anilines is 1. The van der Waals surface area contributed by atoms with Crippen molar-refractivity contribution in [2.45, 2.75) is 20.8 Å². The third-order valence-corrected chi connectivity index (χ3v) is 4.94. The zero-order valence-electron chi connectivity index (χ0n) is 15.8. The summed E-state index contributed by atoms with van der Waals surface area (Å²) in [6.45, 7) is 9.46. The first kappa shape index (κ1) is 18.1. The van der Waals surface area contributed by atoms with Crippen molar-refractivity contribution in [1.29, 1.82) is 0 Å². The van der Waals surface area contributed by atoms with Gasteiger partial charge in [-0.2, -0.15) is 0 Å². The van der Waals surface area contributed by atoms with Crippen LogP contribution in [0.3, 0.4) is 0 Å². The Hall–Kier alpha value is -2.69. The lowest BCUT2D eigenvalue weighted by molar-refractivity contribution is 0.181. The molecule has 0 radical (unpaired) electrons. The average molecular weight is 353 g/mol. The molecular formula is C21H27N3O2. The molecule has 138 valence electrons. The van der Waals surface area contributed by atoms with Crippen molar-refractivity contribution < 1.29 is 9.53 Å². The van der Waals surface area contributed by atoms with E-state index in [1.165, 1.54) is 16.8 Å². The Kier molecular flexibility index (Phi) is 5.66. The molecule has 1 N–H and O–H groups in total. The number of hydrogen-bond acceptors (Lipinski definition) is 3. The summed E-state index contributed by atoms with van der Waals surface area (Å²) in [5, 5.41) is 2.86. The molecule has 1 aliphatic rings. The third-order valence-electron chi connectivity index (χ3n) is 4.94. The van der Waals surface area contributed by atoms with E-state index in [1.54, 1.807) is 0 Å². The van der Waals surface area contributed by atoms with E-state index in [0.29, 0.717) is 13.1 Å². The molecular weight excluding hydrogens is 326 g/mol. The zero-order chi connectivity index (χ0) is 18.5. The maximum Gasteiger partial charge on any atom is 0.320 e. The maximum atomic E-state index is 12.4. The van der Waals surface area contributed by atoms with Gasteiger partial charge in [-0.1, -0.05) is 24.3 Å². The predicted octanol–water partition coefficient (Wildman–Crippen LogP) is 3.48. The van der Waals surface area contributed by atoms with E-state index in [4.69, 9.17) is 4.74 Å². The van der Waals surface area contributed by atoms with E-state index >= 15 is 0 Å². The lowest BCUT2D eigenvalue weighted by Crippen LogP contribution is -2.52. The zero-order valence-corrected chi connectivity index (χ0v) is 15.8. The van der Waals surface area contributed by atoms with Crippen LogP contribution in [0.15, 0.2) is 42.5 Å². The molecule has 0 unspecified atom stereocenters. The predicted molar refractivity (Wildman–Crippen MR) is 105 cm³/mol. The van der Waals surface area contributed by atoms with Crippen LogP contribution < -0.4 is 15.0 Å². The minimum atomic E-state index is -0.0702. The van der Waals surface area contributed by atoms with Gasteiger partial charge in [-0.15, -0.1) is 0 Å². The molecule has 26 heavy (non-hydrogen) atoms. The first-order valence-corrected chi connectivity index (χ1v) is 9.08. The normalized spacial score (nSPS) is 14.3. The van der Waals surface area contributed by atoms with Gasteiger partial charge in [0.05, 0.1) is 0 Å². The van der Waals surface area contributed by atoms with E-state index in [2.05, 4.69) is 54.4 Å². The number of rotatable bonds is 4. The summed E-state index contributed by atoms with van der Waals surface area (Å²) in [5.41, 5.74) is 4.77. The summed E-state index contributed by atoms with van der Waals surface area (Å²) in [5.74, 6) is 0.814. The summed E-state index contributed by atoms with van der Waals surface area (Å²) in [6.07, 6.45) is 0. The van der Waals surface area contributed by atoms with Gasteiger partial charge < -0.3 is 19.9 Å². The molecule has 1 fully saturated rings. The van der Waals surface area contributed by atoms with Gasteiger partial charge in [0.1, 0.15) is 5.75 Å². The van der Waals surface area contributed by atoms with Crippen molar-refractivity contribution in [2.75, 3.05) is 37.8 Å². The second-order valence-corrected chi connectivity index (χ2v) is 6.78. The lowest BCUT2D eigenvalue weighted by Gasteiger charge is -2.36. The molecule has 2 aromatic rings. The number of urea groups is 1. The SMILES string of the molecule is Cc1cccc(N2CCN(C(=O)NCOc3cccc(C)c3C)CC2)c1. The first-order chi connectivity index (χ1) is 12.5. The Morgan fingerprint density at radius 1 is 1.04 bits per heavy atom. The molecule has 0 atom stereocenters. The smallest absolute Gasteiger partial charge is 0.320 e. The number of carbonyl (C=O) groups excluding carboxylic acids is 1. The van der Waals surface area contributed by atoms with Crippen LogP contribution in [0, 0.1) is 20.8 Å². The quantitative estimate of drug-likeness (QED) is 0.856. The van der Waals surface area contributed by atoms with Crippen molar-refractivity contribution in [3.05, 3.63) is 59.2 Å². The number of hydrogen-bond donors (Lipinski definition) is 1. The van der Waals surface area contributed by atoms with Gasteiger partial charge in [-0.25, -0.2) is 4.79 Å². The molecule has 5 heteroatoms.